The predicted octanol–water partition coefficient (Wildman–Crippen LogP) is 6.02. The highest BCUT2D eigenvalue weighted by molar-refractivity contribution is 7.98. The van der Waals surface area contributed by atoms with Gasteiger partial charge in [-0.1, -0.05) is 18.2 Å². The van der Waals surface area contributed by atoms with E-state index in [2.05, 4.69) is 10.2 Å². The maximum absolute atomic E-state index is 15.1. The molecule has 2 amide bonds. The number of hydrogen-bond acceptors (Lipinski definition) is 5. The lowest BCUT2D eigenvalue weighted by Gasteiger charge is -2.40. The largest absolute Gasteiger partial charge is 0.339 e. The molecule has 0 unspecified atom stereocenters. The monoisotopic (exact) mass is 574 g/mol. The van der Waals surface area contributed by atoms with Crippen LogP contribution in [0.1, 0.15) is 44.7 Å². The van der Waals surface area contributed by atoms with Crippen LogP contribution in [0.2, 0.25) is 0 Å². The first-order chi connectivity index (χ1) is 19.9. The minimum atomic E-state index is -1.05. The van der Waals surface area contributed by atoms with Crippen molar-refractivity contribution in [3.63, 3.8) is 0 Å². The summed E-state index contributed by atoms with van der Waals surface area (Å²) >= 11 is 1.31. The van der Waals surface area contributed by atoms with Gasteiger partial charge in [-0.2, -0.15) is 10.2 Å². The molecule has 6 nitrogen and oxygen atoms in total. The minimum absolute atomic E-state index is 0.0140. The SMILES string of the molecule is O=C(c1ccnnc1)N1CCC2(CC1)CN(C(=O)c1ccc(F)c(F)c1CSc1ccccc1)c1ccc(F)cc12. The second kappa shape index (κ2) is 11.0. The molecule has 1 aromatic heterocycles. The van der Waals surface area contributed by atoms with Gasteiger partial charge in [-0.3, -0.25) is 9.59 Å². The van der Waals surface area contributed by atoms with E-state index in [9.17, 15) is 18.4 Å². The maximum atomic E-state index is 15.1. The number of halogens is 3. The van der Waals surface area contributed by atoms with Gasteiger partial charge in [-0.25, -0.2) is 13.2 Å². The van der Waals surface area contributed by atoms with E-state index in [0.29, 0.717) is 42.7 Å². The lowest BCUT2D eigenvalue weighted by Crippen LogP contribution is -2.48. The van der Waals surface area contributed by atoms with E-state index in [1.807, 2.05) is 30.3 Å². The number of aromatic nitrogens is 2. The van der Waals surface area contributed by atoms with Crippen molar-refractivity contribution >= 4 is 29.3 Å². The summed E-state index contributed by atoms with van der Waals surface area (Å²) in [6.45, 7) is 1.06. The van der Waals surface area contributed by atoms with Crippen LogP contribution >= 0.6 is 11.8 Å². The highest BCUT2D eigenvalue weighted by Crippen LogP contribution is 2.48. The van der Waals surface area contributed by atoms with E-state index in [4.69, 9.17) is 0 Å². The van der Waals surface area contributed by atoms with E-state index in [-0.39, 0.29) is 29.3 Å². The summed E-state index contributed by atoms with van der Waals surface area (Å²) in [5.41, 5.74) is 1.13. The molecule has 2 aliphatic rings. The summed E-state index contributed by atoms with van der Waals surface area (Å²) in [6, 6.07) is 17.5. The fourth-order valence-corrected chi connectivity index (χ4v) is 6.68. The van der Waals surface area contributed by atoms with Gasteiger partial charge in [0.2, 0.25) is 0 Å². The van der Waals surface area contributed by atoms with Crippen LogP contribution in [-0.2, 0) is 11.2 Å². The van der Waals surface area contributed by atoms with E-state index in [0.717, 1.165) is 11.0 Å². The smallest absolute Gasteiger partial charge is 0.258 e. The Hall–Kier alpha value is -4.18. The normalized spacial score (nSPS) is 15.7. The molecular formula is C31H25F3N4O2S. The van der Waals surface area contributed by atoms with Gasteiger partial charge in [0.1, 0.15) is 5.82 Å². The molecule has 3 heterocycles. The third-order valence-electron chi connectivity index (χ3n) is 7.92. The number of amides is 2. The zero-order valence-electron chi connectivity index (χ0n) is 21.9. The summed E-state index contributed by atoms with van der Waals surface area (Å²) in [5.74, 6) is -3.07. The van der Waals surface area contributed by atoms with Crippen molar-refractivity contribution in [2.24, 2.45) is 0 Å². The summed E-state index contributed by atoms with van der Waals surface area (Å²) in [4.78, 5) is 31.1. The van der Waals surface area contributed by atoms with Crippen LogP contribution in [0.3, 0.4) is 0 Å². The molecule has 4 aromatic rings. The van der Waals surface area contributed by atoms with Gasteiger partial charge < -0.3 is 9.80 Å². The van der Waals surface area contributed by atoms with Crippen molar-refractivity contribution in [3.05, 3.63) is 119 Å². The molecule has 3 aromatic carbocycles. The second-order valence-electron chi connectivity index (χ2n) is 10.2. The Kier molecular flexibility index (Phi) is 7.25. The molecule has 0 radical (unpaired) electrons. The minimum Gasteiger partial charge on any atom is -0.339 e. The molecule has 1 saturated heterocycles. The van der Waals surface area contributed by atoms with Gasteiger partial charge in [0, 0.05) is 52.5 Å². The average Bonchev–Trinajstić information content (AvgIpc) is 3.31. The first-order valence-corrected chi connectivity index (χ1v) is 14.2. The second-order valence-corrected chi connectivity index (χ2v) is 11.3. The lowest BCUT2D eigenvalue weighted by atomic mass is 9.74. The first kappa shape index (κ1) is 27.0. The summed E-state index contributed by atoms with van der Waals surface area (Å²) in [5, 5.41) is 7.50. The third kappa shape index (κ3) is 5.08. The van der Waals surface area contributed by atoms with Crippen molar-refractivity contribution < 1.29 is 22.8 Å². The topological polar surface area (TPSA) is 66.4 Å². The van der Waals surface area contributed by atoms with Gasteiger partial charge in [0.15, 0.2) is 11.6 Å². The number of anilines is 1. The van der Waals surface area contributed by atoms with Crippen molar-refractivity contribution in [2.45, 2.75) is 28.9 Å². The standard InChI is InChI=1S/C31H25F3N4O2S/c32-21-6-9-27-25(16-21)31(11-14-37(15-12-31)29(39)20-10-13-35-36-17-20)19-38(27)30(40)23-7-8-26(33)28(34)24(23)18-41-22-4-2-1-3-5-22/h1-10,13,16-17H,11-12,14-15,18-19H2. The molecular weight excluding hydrogens is 549 g/mol. The summed E-state index contributed by atoms with van der Waals surface area (Å²) in [7, 11) is 0. The number of likely N-dealkylation sites (tertiary alicyclic amines) is 1. The first-order valence-electron chi connectivity index (χ1n) is 13.2. The molecule has 41 heavy (non-hydrogen) atoms. The van der Waals surface area contributed by atoms with E-state index in [1.54, 1.807) is 21.9 Å². The van der Waals surface area contributed by atoms with Crippen LogP contribution < -0.4 is 4.90 Å². The van der Waals surface area contributed by atoms with E-state index in [1.165, 1.54) is 42.4 Å². The van der Waals surface area contributed by atoms with Crippen LogP contribution in [0, 0.1) is 17.5 Å². The summed E-state index contributed by atoms with van der Waals surface area (Å²) < 4.78 is 44.0. The van der Waals surface area contributed by atoms with Crippen molar-refractivity contribution in [3.8, 4) is 0 Å². The number of hydrogen-bond donors (Lipinski definition) is 0. The van der Waals surface area contributed by atoms with Crippen LogP contribution in [0.15, 0.2) is 84.0 Å². The predicted molar refractivity (Wildman–Crippen MR) is 149 cm³/mol. The number of thioether (sulfide) groups is 1. The van der Waals surface area contributed by atoms with Gasteiger partial charge in [-0.05, 0) is 66.9 Å². The Bertz CT molecular complexity index is 1610. The quantitative estimate of drug-likeness (QED) is 0.273. The Balaban J connectivity index is 1.29. The van der Waals surface area contributed by atoms with Crippen LogP contribution in [0.4, 0.5) is 18.9 Å². The van der Waals surface area contributed by atoms with Gasteiger partial charge in [-0.15, -0.1) is 11.8 Å². The van der Waals surface area contributed by atoms with E-state index < -0.39 is 28.8 Å². The zero-order valence-corrected chi connectivity index (χ0v) is 22.7. The molecule has 0 atom stereocenters. The summed E-state index contributed by atoms with van der Waals surface area (Å²) in [6.07, 6.45) is 3.89. The zero-order chi connectivity index (χ0) is 28.6. The number of rotatable bonds is 5. The molecule has 2 aliphatic heterocycles. The Morgan fingerprint density at radius 3 is 2.41 bits per heavy atom. The number of nitrogens with zero attached hydrogens (tertiary/aromatic N) is 4. The number of piperidine rings is 1. The van der Waals surface area contributed by atoms with Crippen LogP contribution in [0.5, 0.6) is 0 Å². The average molecular weight is 575 g/mol. The molecule has 0 saturated carbocycles. The highest BCUT2D eigenvalue weighted by atomic mass is 32.2. The Labute approximate surface area is 239 Å². The van der Waals surface area contributed by atoms with Crippen LogP contribution in [0.25, 0.3) is 0 Å². The van der Waals surface area contributed by atoms with Crippen molar-refractivity contribution in [1.29, 1.82) is 0 Å². The molecule has 208 valence electrons. The number of benzene rings is 3. The van der Waals surface area contributed by atoms with Gasteiger partial charge >= 0.3 is 0 Å². The number of carbonyl (C=O) groups excluding carboxylic acids is 2. The molecule has 0 N–H and O–H groups in total. The fraction of sp³-hybridized carbons (Fsp3) is 0.226. The molecule has 1 fully saturated rings. The van der Waals surface area contributed by atoms with Gasteiger partial charge in [0.25, 0.3) is 11.8 Å². The number of fused-ring (bicyclic) bond motifs is 2. The fourth-order valence-electron chi connectivity index (χ4n) is 5.74. The molecule has 0 bridgehead atoms. The molecule has 6 rings (SSSR count). The maximum Gasteiger partial charge on any atom is 0.258 e. The number of carbonyl (C=O) groups is 2. The third-order valence-corrected chi connectivity index (χ3v) is 8.96. The Morgan fingerprint density at radius 1 is 0.902 bits per heavy atom. The van der Waals surface area contributed by atoms with Crippen molar-refractivity contribution in [1.82, 2.24) is 15.1 Å². The van der Waals surface area contributed by atoms with Gasteiger partial charge in [0.05, 0.1) is 18.0 Å². The lowest BCUT2D eigenvalue weighted by molar-refractivity contribution is 0.0670. The van der Waals surface area contributed by atoms with Crippen molar-refractivity contribution in [2.75, 3.05) is 24.5 Å². The Morgan fingerprint density at radius 2 is 1.68 bits per heavy atom. The van der Waals surface area contributed by atoms with E-state index >= 15 is 4.39 Å². The molecule has 1 spiro atoms. The molecule has 0 aliphatic carbocycles. The van der Waals surface area contributed by atoms with Crippen LogP contribution in [-0.4, -0.2) is 46.5 Å². The highest BCUT2D eigenvalue weighted by Gasteiger charge is 2.47. The molecule has 10 heteroatoms.